The Balaban J connectivity index is 1.61. The summed E-state index contributed by atoms with van der Waals surface area (Å²) in [4.78, 5) is 25.9. The van der Waals surface area contributed by atoms with Crippen LogP contribution in [0, 0.1) is 0 Å². The summed E-state index contributed by atoms with van der Waals surface area (Å²) in [5.74, 6) is 0.135. The van der Waals surface area contributed by atoms with Gasteiger partial charge in [-0.25, -0.2) is 0 Å². The monoisotopic (exact) mass is 430 g/mol. The van der Waals surface area contributed by atoms with Gasteiger partial charge in [-0.05, 0) is 43.3 Å². The SMILES string of the molecule is COc1ccccc1NC(=O)c1oc2ccccc2c1NC(=O)[C@H](C)Oc1ccccc1. The zero-order valence-electron chi connectivity index (χ0n) is 17.6. The van der Waals surface area contributed by atoms with E-state index in [-0.39, 0.29) is 11.4 Å². The van der Waals surface area contributed by atoms with Gasteiger partial charge in [-0.2, -0.15) is 0 Å². The molecular formula is C25H22N2O5. The highest BCUT2D eigenvalue weighted by Crippen LogP contribution is 2.33. The van der Waals surface area contributed by atoms with Crippen LogP contribution in [0.3, 0.4) is 0 Å². The van der Waals surface area contributed by atoms with Gasteiger partial charge in [-0.1, -0.05) is 42.5 Å². The van der Waals surface area contributed by atoms with Gasteiger partial charge in [-0.15, -0.1) is 0 Å². The van der Waals surface area contributed by atoms with Crippen LogP contribution < -0.4 is 20.1 Å². The number of anilines is 2. The molecule has 7 nitrogen and oxygen atoms in total. The average molecular weight is 430 g/mol. The van der Waals surface area contributed by atoms with Gasteiger partial charge in [0.25, 0.3) is 11.8 Å². The number of benzene rings is 3. The molecule has 1 atom stereocenters. The summed E-state index contributed by atoms with van der Waals surface area (Å²) >= 11 is 0. The molecule has 32 heavy (non-hydrogen) atoms. The van der Waals surface area contributed by atoms with Gasteiger partial charge >= 0.3 is 0 Å². The lowest BCUT2D eigenvalue weighted by Gasteiger charge is -2.15. The summed E-state index contributed by atoms with van der Waals surface area (Å²) < 4.78 is 16.8. The fraction of sp³-hybridized carbons (Fsp3) is 0.120. The first kappa shape index (κ1) is 21.0. The van der Waals surface area contributed by atoms with Crippen molar-refractivity contribution in [3.63, 3.8) is 0 Å². The second-order valence-electron chi connectivity index (χ2n) is 7.02. The standard InChI is InChI=1S/C25H22N2O5/c1-16(31-17-10-4-3-5-11-17)24(28)27-22-18-12-6-8-14-20(18)32-23(22)25(29)26-19-13-7-9-15-21(19)30-2/h3-16H,1-2H3,(H,26,29)(H,27,28)/t16-/m0/s1. The predicted molar refractivity (Wildman–Crippen MR) is 122 cm³/mol. The lowest BCUT2D eigenvalue weighted by Crippen LogP contribution is -2.30. The molecule has 2 N–H and O–H groups in total. The molecule has 0 aliphatic heterocycles. The third kappa shape index (κ3) is 4.41. The molecular weight excluding hydrogens is 408 g/mol. The van der Waals surface area contributed by atoms with Crippen molar-refractivity contribution in [1.29, 1.82) is 0 Å². The first-order valence-corrected chi connectivity index (χ1v) is 10.1. The van der Waals surface area contributed by atoms with Crippen LogP contribution in [0.4, 0.5) is 11.4 Å². The van der Waals surface area contributed by atoms with E-state index in [4.69, 9.17) is 13.9 Å². The van der Waals surface area contributed by atoms with Gasteiger partial charge in [0.15, 0.2) is 6.10 Å². The van der Waals surface area contributed by atoms with Crippen LogP contribution in [0.5, 0.6) is 11.5 Å². The molecule has 4 rings (SSSR count). The number of nitrogens with one attached hydrogen (secondary N) is 2. The minimum Gasteiger partial charge on any atom is -0.495 e. The lowest BCUT2D eigenvalue weighted by atomic mass is 10.2. The number of furan rings is 1. The van der Waals surface area contributed by atoms with Gasteiger partial charge in [0.1, 0.15) is 22.8 Å². The van der Waals surface area contributed by atoms with E-state index >= 15 is 0 Å². The Morgan fingerprint density at radius 2 is 1.56 bits per heavy atom. The van der Waals surface area contributed by atoms with Gasteiger partial charge in [-0.3, -0.25) is 9.59 Å². The smallest absolute Gasteiger partial charge is 0.293 e. The first-order valence-electron chi connectivity index (χ1n) is 10.1. The van der Waals surface area contributed by atoms with Crippen LogP contribution >= 0.6 is 0 Å². The third-order valence-electron chi connectivity index (χ3n) is 4.83. The molecule has 0 saturated carbocycles. The Morgan fingerprint density at radius 1 is 0.875 bits per heavy atom. The van der Waals surface area contributed by atoms with Crippen molar-refractivity contribution in [3.05, 3.63) is 84.6 Å². The molecule has 4 aromatic rings. The molecule has 0 saturated heterocycles. The van der Waals surface area contributed by atoms with E-state index in [0.29, 0.717) is 28.2 Å². The van der Waals surface area contributed by atoms with E-state index in [2.05, 4.69) is 10.6 Å². The summed E-state index contributed by atoms with van der Waals surface area (Å²) in [6.07, 6.45) is -0.795. The van der Waals surface area contributed by atoms with Crippen molar-refractivity contribution < 1.29 is 23.5 Å². The molecule has 0 radical (unpaired) electrons. The van der Waals surface area contributed by atoms with E-state index in [1.165, 1.54) is 7.11 Å². The minimum atomic E-state index is -0.795. The van der Waals surface area contributed by atoms with Crippen LogP contribution in [-0.2, 0) is 4.79 Å². The first-order chi connectivity index (χ1) is 15.6. The zero-order chi connectivity index (χ0) is 22.5. The number of methoxy groups -OCH3 is 1. The summed E-state index contributed by atoms with van der Waals surface area (Å²) in [6.45, 7) is 1.64. The van der Waals surface area contributed by atoms with Crippen LogP contribution in [0.2, 0.25) is 0 Å². The van der Waals surface area contributed by atoms with Gasteiger partial charge in [0.2, 0.25) is 5.76 Å². The van der Waals surface area contributed by atoms with Crippen molar-refractivity contribution >= 4 is 34.2 Å². The largest absolute Gasteiger partial charge is 0.495 e. The number of fused-ring (bicyclic) bond motifs is 1. The quantitative estimate of drug-likeness (QED) is 0.426. The van der Waals surface area contributed by atoms with Gasteiger partial charge < -0.3 is 24.5 Å². The van der Waals surface area contributed by atoms with Crippen molar-refractivity contribution in [2.24, 2.45) is 0 Å². The highest BCUT2D eigenvalue weighted by Gasteiger charge is 2.25. The lowest BCUT2D eigenvalue weighted by molar-refractivity contribution is -0.122. The highest BCUT2D eigenvalue weighted by atomic mass is 16.5. The van der Waals surface area contributed by atoms with Crippen LogP contribution in [0.25, 0.3) is 11.0 Å². The number of amides is 2. The molecule has 0 spiro atoms. The molecule has 0 unspecified atom stereocenters. The Bertz CT molecular complexity index is 1250. The fourth-order valence-corrected chi connectivity index (χ4v) is 3.24. The number of hydrogen-bond donors (Lipinski definition) is 2. The maximum absolute atomic E-state index is 13.1. The van der Waals surface area contributed by atoms with E-state index in [1.54, 1.807) is 67.6 Å². The minimum absolute atomic E-state index is 0.0163. The number of rotatable bonds is 7. The molecule has 162 valence electrons. The Kier molecular flexibility index (Phi) is 6.07. The Hall–Kier alpha value is -4.26. The predicted octanol–water partition coefficient (Wildman–Crippen LogP) is 5.10. The van der Waals surface area contributed by atoms with E-state index in [9.17, 15) is 9.59 Å². The van der Waals surface area contributed by atoms with E-state index in [1.807, 2.05) is 18.2 Å². The summed E-state index contributed by atoms with van der Waals surface area (Å²) in [6, 6.07) is 23.2. The molecule has 7 heteroatoms. The second-order valence-corrected chi connectivity index (χ2v) is 7.02. The van der Waals surface area contributed by atoms with Crippen molar-refractivity contribution in [1.82, 2.24) is 0 Å². The topological polar surface area (TPSA) is 89.8 Å². The molecule has 3 aromatic carbocycles. The normalized spacial score (nSPS) is 11.6. The van der Waals surface area contributed by atoms with Crippen molar-refractivity contribution in [2.75, 3.05) is 17.7 Å². The Labute approximate surface area is 184 Å². The fourth-order valence-electron chi connectivity index (χ4n) is 3.24. The average Bonchev–Trinajstić information content (AvgIpc) is 3.18. The molecule has 1 heterocycles. The van der Waals surface area contributed by atoms with Crippen LogP contribution in [0.1, 0.15) is 17.5 Å². The number of para-hydroxylation sites is 4. The van der Waals surface area contributed by atoms with Gasteiger partial charge in [0, 0.05) is 5.39 Å². The number of carbonyl (C=O) groups is 2. The maximum atomic E-state index is 13.1. The van der Waals surface area contributed by atoms with E-state index in [0.717, 1.165) is 0 Å². The molecule has 1 aromatic heterocycles. The molecule has 0 bridgehead atoms. The number of carbonyl (C=O) groups excluding carboxylic acids is 2. The van der Waals surface area contributed by atoms with Gasteiger partial charge in [0.05, 0.1) is 12.8 Å². The van der Waals surface area contributed by atoms with Crippen molar-refractivity contribution in [2.45, 2.75) is 13.0 Å². The number of hydrogen-bond acceptors (Lipinski definition) is 5. The van der Waals surface area contributed by atoms with Crippen LogP contribution in [-0.4, -0.2) is 25.0 Å². The summed E-state index contributed by atoms with van der Waals surface area (Å²) in [5, 5.41) is 6.19. The third-order valence-corrected chi connectivity index (χ3v) is 4.83. The zero-order valence-corrected chi connectivity index (χ0v) is 17.6. The molecule has 0 fully saturated rings. The maximum Gasteiger partial charge on any atom is 0.293 e. The number of ether oxygens (including phenoxy) is 2. The molecule has 2 amide bonds. The molecule has 0 aliphatic rings. The highest BCUT2D eigenvalue weighted by molar-refractivity contribution is 6.15. The van der Waals surface area contributed by atoms with Crippen LogP contribution in [0.15, 0.2) is 83.3 Å². The second kappa shape index (κ2) is 9.26. The molecule has 0 aliphatic carbocycles. The van der Waals surface area contributed by atoms with Crippen molar-refractivity contribution in [3.8, 4) is 11.5 Å². The summed E-state index contributed by atoms with van der Waals surface area (Å²) in [7, 11) is 1.52. The Morgan fingerprint density at radius 3 is 2.34 bits per heavy atom. The summed E-state index contributed by atoms with van der Waals surface area (Å²) in [5.41, 5.74) is 1.24. The van der Waals surface area contributed by atoms with E-state index < -0.39 is 17.9 Å².